The average Bonchev–Trinajstić information content (AvgIpc) is 2.06. The number of aliphatic carboxylic acids is 1. The van der Waals surface area contributed by atoms with E-state index in [4.69, 9.17) is 10.2 Å². The minimum Gasteiger partial charge on any atom is -1.00 e. The summed E-state index contributed by atoms with van der Waals surface area (Å²) in [6.07, 6.45) is -1.14. The van der Waals surface area contributed by atoms with Gasteiger partial charge in [-0.25, -0.2) is 4.79 Å². The van der Waals surface area contributed by atoms with Gasteiger partial charge in [-0.2, -0.15) is 0 Å². The van der Waals surface area contributed by atoms with Gasteiger partial charge in [0, 0.05) is 6.42 Å². The molecule has 1 atom stereocenters. The normalized spacial score (nSPS) is 11.5. The van der Waals surface area contributed by atoms with E-state index in [1.54, 1.807) is 12.1 Å². The van der Waals surface area contributed by atoms with E-state index in [0.29, 0.717) is 0 Å². The predicted octanol–water partition coefficient (Wildman–Crippen LogP) is -2.21. The number of benzene rings is 1. The van der Waals surface area contributed by atoms with Gasteiger partial charge in [-0.05, 0) is 5.56 Å². The van der Waals surface area contributed by atoms with Crippen LogP contribution in [0.1, 0.15) is 6.99 Å². The smallest absolute Gasteiger partial charge is 1.00 e. The average molecular weight is 190 g/mol. The zero-order valence-corrected chi connectivity index (χ0v) is 9.47. The first kappa shape index (κ1) is 12.7. The third kappa shape index (κ3) is 4.43. The second kappa shape index (κ2) is 6.16. The standard InChI is InChI=1S/C9H10O3.Na.H/c10-8(9(11)12)6-7-4-2-1-3-5-7;;/h1-5,8,10H,6H2,(H,11,12);;/q;+1;-1. The number of carboxylic acids is 1. The minimum absolute atomic E-state index is 0. The Balaban J connectivity index is 0. The Bertz CT molecular complexity index is 266. The molecule has 0 heterocycles. The number of aliphatic hydroxyl groups is 1. The van der Waals surface area contributed by atoms with E-state index < -0.39 is 12.1 Å². The number of hydrogen-bond donors (Lipinski definition) is 2. The van der Waals surface area contributed by atoms with Crippen molar-refractivity contribution in [3.8, 4) is 0 Å². The van der Waals surface area contributed by atoms with E-state index in [0.717, 1.165) is 5.56 Å². The molecule has 0 radical (unpaired) electrons. The van der Waals surface area contributed by atoms with Crippen LogP contribution in [-0.2, 0) is 11.2 Å². The third-order valence-electron chi connectivity index (χ3n) is 1.56. The largest absolute Gasteiger partial charge is 1.00 e. The Labute approximate surface area is 100 Å². The molecule has 66 valence electrons. The minimum atomic E-state index is -1.30. The fourth-order valence-electron chi connectivity index (χ4n) is 0.925. The van der Waals surface area contributed by atoms with Crippen LogP contribution in [0, 0.1) is 0 Å². The Morgan fingerprint density at radius 2 is 1.92 bits per heavy atom. The Hall–Kier alpha value is -0.350. The quantitative estimate of drug-likeness (QED) is 0.531. The molecule has 0 spiro atoms. The summed E-state index contributed by atoms with van der Waals surface area (Å²) in [4.78, 5) is 10.3. The van der Waals surface area contributed by atoms with Gasteiger partial charge in [-0.15, -0.1) is 0 Å². The summed E-state index contributed by atoms with van der Waals surface area (Å²) in [6, 6.07) is 9.03. The predicted molar refractivity (Wildman–Crippen MR) is 44.9 cm³/mol. The maximum Gasteiger partial charge on any atom is 1.00 e. The molecule has 0 aliphatic heterocycles. The number of carboxylic acid groups (broad SMARTS) is 1. The molecule has 0 aliphatic carbocycles. The van der Waals surface area contributed by atoms with Gasteiger partial charge < -0.3 is 11.6 Å². The van der Waals surface area contributed by atoms with Crippen LogP contribution in [0.25, 0.3) is 0 Å². The second-order valence-corrected chi connectivity index (χ2v) is 2.54. The van der Waals surface area contributed by atoms with Crippen molar-refractivity contribution < 1.29 is 46.0 Å². The Morgan fingerprint density at radius 3 is 2.38 bits per heavy atom. The summed E-state index contributed by atoms with van der Waals surface area (Å²) in [5.41, 5.74) is 0.826. The van der Waals surface area contributed by atoms with Crippen molar-refractivity contribution in [2.75, 3.05) is 0 Å². The van der Waals surface area contributed by atoms with E-state index in [1.165, 1.54) is 0 Å². The van der Waals surface area contributed by atoms with Crippen molar-refractivity contribution in [2.45, 2.75) is 12.5 Å². The summed E-state index contributed by atoms with van der Waals surface area (Å²) in [5, 5.41) is 17.4. The molecular weight excluding hydrogens is 179 g/mol. The topological polar surface area (TPSA) is 57.5 Å². The fraction of sp³-hybridized carbons (Fsp3) is 0.222. The molecular formula is C9H11NaO3. The maximum absolute atomic E-state index is 10.3. The van der Waals surface area contributed by atoms with Gasteiger partial charge in [0.2, 0.25) is 0 Å². The molecule has 3 nitrogen and oxygen atoms in total. The van der Waals surface area contributed by atoms with Crippen molar-refractivity contribution in [3.63, 3.8) is 0 Å². The van der Waals surface area contributed by atoms with Gasteiger partial charge in [0.25, 0.3) is 0 Å². The molecule has 0 saturated heterocycles. The van der Waals surface area contributed by atoms with Gasteiger partial charge in [-0.1, -0.05) is 30.3 Å². The molecule has 0 fully saturated rings. The SMILES string of the molecule is O=C(O)C(O)Cc1ccccc1.[H-].[Na+]. The summed E-state index contributed by atoms with van der Waals surface area (Å²) in [5.74, 6) is -1.18. The molecule has 1 aromatic rings. The number of carbonyl (C=O) groups is 1. The van der Waals surface area contributed by atoms with E-state index in [9.17, 15) is 4.79 Å². The number of hydrogen-bond acceptors (Lipinski definition) is 2. The van der Waals surface area contributed by atoms with Crippen LogP contribution in [0.5, 0.6) is 0 Å². The van der Waals surface area contributed by atoms with E-state index in [1.807, 2.05) is 18.2 Å². The van der Waals surface area contributed by atoms with Crippen LogP contribution in [0.4, 0.5) is 0 Å². The van der Waals surface area contributed by atoms with Crippen LogP contribution in [0.2, 0.25) is 0 Å². The van der Waals surface area contributed by atoms with E-state index in [-0.39, 0.29) is 37.4 Å². The van der Waals surface area contributed by atoms with Crippen LogP contribution < -0.4 is 29.6 Å². The molecule has 1 unspecified atom stereocenters. The molecule has 0 amide bonds. The molecule has 0 aliphatic rings. The van der Waals surface area contributed by atoms with Gasteiger partial charge in [0.15, 0.2) is 6.10 Å². The van der Waals surface area contributed by atoms with Crippen LogP contribution >= 0.6 is 0 Å². The van der Waals surface area contributed by atoms with Crippen LogP contribution in [0.15, 0.2) is 30.3 Å². The van der Waals surface area contributed by atoms with Gasteiger partial charge >= 0.3 is 35.5 Å². The second-order valence-electron chi connectivity index (χ2n) is 2.54. The van der Waals surface area contributed by atoms with Crippen LogP contribution in [-0.4, -0.2) is 22.3 Å². The molecule has 2 N–H and O–H groups in total. The first-order valence-corrected chi connectivity index (χ1v) is 3.65. The first-order chi connectivity index (χ1) is 5.70. The monoisotopic (exact) mass is 190 g/mol. The van der Waals surface area contributed by atoms with Crippen molar-refractivity contribution in [3.05, 3.63) is 35.9 Å². The molecule has 1 aromatic carbocycles. The van der Waals surface area contributed by atoms with Crippen molar-refractivity contribution in [2.24, 2.45) is 0 Å². The van der Waals surface area contributed by atoms with Crippen molar-refractivity contribution in [1.29, 1.82) is 0 Å². The Kier molecular flexibility index (Phi) is 5.99. The summed E-state index contributed by atoms with van der Waals surface area (Å²) >= 11 is 0. The molecule has 13 heavy (non-hydrogen) atoms. The number of aliphatic hydroxyl groups excluding tert-OH is 1. The van der Waals surface area contributed by atoms with Crippen LogP contribution in [0.3, 0.4) is 0 Å². The number of rotatable bonds is 3. The van der Waals surface area contributed by atoms with Gasteiger partial charge in [-0.3, -0.25) is 0 Å². The summed E-state index contributed by atoms with van der Waals surface area (Å²) in [7, 11) is 0. The molecule has 0 aromatic heterocycles. The molecule has 1 rings (SSSR count). The van der Waals surface area contributed by atoms with Gasteiger partial charge in [0.05, 0.1) is 0 Å². The fourth-order valence-corrected chi connectivity index (χ4v) is 0.925. The summed E-state index contributed by atoms with van der Waals surface area (Å²) in [6.45, 7) is 0. The molecule has 0 bridgehead atoms. The van der Waals surface area contributed by atoms with E-state index >= 15 is 0 Å². The van der Waals surface area contributed by atoms with Crippen molar-refractivity contribution in [1.82, 2.24) is 0 Å². The van der Waals surface area contributed by atoms with E-state index in [2.05, 4.69) is 0 Å². The summed E-state index contributed by atoms with van der Waals surface area (Å²) < 4.78 is 0. The van der Waals surface area contributed by atoms with Crippen molar-refractivity contribution >= 4 is 5.97 Å². The van der Waals surface area contributed by atoms with Gasteiger partial charge in [0.1, 0.15) is 0 Å². The Morgan fingerprint density at radius 1 is 1.38 bits per heavy atom. The third-order valence-corrected chi connectivity index (χ3v) is 1.56. The first-order valence-electron chi connectivity index (χ1n) is 3.65. The zero-order valence-electron chi connectivity index (χ0n) is 8.47. The zero-order chi connectivity index (χ0) is 8.97. The molecule has 0 saturated carbocycles. The molecule has 4 heteroatoms. The maximum atomic E-state index is 10.3.